The zero-order valence-corrected chi connectivity index (χ0v) is 7.65. The molecule has 0 atom stereocenters. The predicted octanol–water partition coefficient (Wildman–Crippen LogP) is 0.550. The highest BCUT2D eigenvalue weighted by atomic mass is 32.2. The van der Waals surface area contributed by atoms with Crippen molar-refractivity contribution in [3.05, 3.63) is 0 Å². The van der Waals surface area contributed by atoms with Crippen molar-refractivity contribution in [3.63, 3.8) is 0 Å². The maximum absolute atomic E-state index is 11.8. The highest BCUT2D eigenvalue weighted by Crippen LogP contribution is 2.16. The summed E-state index contributed by atoms with van der Waals surface area (Å²) in [4.78, 5) is 0. The summed E-state index contributed by atoms with van der Waals surface area (Å²) in [5, 5.41) is -0.373. The van der Waals surface area contributed by atoms with Crippen molar-refractivity contribution in [2.45, 2.75) is 18.1 Å². The molecule has 1 saturated heterocycles. The number of hydrogen-bond donors (Lipinski definition) is 0. The summed E-state index contributed by atoms with van der Waals surface area (Å²) in [6, 6.07) is 0. The van der Waals surface area contributed by atoms with E-state index in [9.17, 15) is 12.8 Å². The molecule has 3 nitrogen and oxygen atoms in total. The van der Waals surface area contributed by atoms with Crippen molar-refractivity contribution in [2.24, 2.45) is 0 Å². The first-order valence-corrected chi connectivity index (χ1v) is 5.73. The van der Waals surface area contributed by atoms with Crippen LogP contribution in [0.1, 0.15) is 12.8 Å². The lowest BCUT2D eigenvalue weighted by molar-refractivity contribution is 0.0983. The van der Waals surface area contributed by atoms with Gasteiger partial charge in [0.15, 0.2) is 9.84 Å². The van der Waals surface area contributed by atoms with Gasteiger partial charge in [-0.2, -0.15) is 0 Å². The van der Waals surface area contributed by atoms with E-state index in [1.165, 1.54) is 0 Å². The molecule has 0 radical (unpaired) electrons. The molecule has 5 heteroatoms. The Labute approximate surface area is 71.8 Å². The van der Waals surface area contributed by atoms with Crippen molar-refractivity contribution < 1.29 is 17.5 Å². The summed E-state index contributed by atoms with van der Waals surface area (Å²) in [6.07, 6.45) is 1.03. The molecule has 0 unspecified atom stereocenters. The molecule has 0 aliphatic carbocycles. The van der Waals surface area contributed by atoms with Gasteiger partial charge in [0.05, 0.1) is 11.0 Å². The van der Waals surface area contributed by atoms with Crippen LogP contribution in [-0.2, 0) is 14.6 Å². The minimum atomic E-state index is -3.19. The molecule has 0 N–H and O–H groups in total. The van der Waals surface area contributed by atoms with Crippen LogP contribution in [-0.4, -0.2) is 39.3 Å². The van der Waals surface area contributed by atoms with Crippen LogP contribution in [0.25, 0.3) is 0 Å². The summed E-state index contributed by atoms with van der Waals surface area (Å²) in [6.45, 7) is 0.187. The topological polar surface area (TPSA) is 43.4 Å². The molecular formula is C7H13FO3S. The van der Waals surface area contributed by atoms with Crippen LogP contribution < -0.4 is 0 Å². The minimum absolute atomic E-state index is 0.336. The fourth-order valence-corrected chi connectivity index (χ4v) is 2.77. The van der Waals surface area contributed by atoms with Crippen LogP contribution in [0.3, 0.4) is 0 Å². The molecule has 1 aliphatic rings. The number of rotatable bonds is 3. The van der Waals surface area contributed by atoms with Crippen LogP contribution in [0.4, 0.5) is 4.39 Å². The van der Waals surface area contributed by atoms with E-state index in [2.05, 4.69) is 0 Å². The Bertz CT molecular complexity index is 219. The second-order valence-corrected chi connectivity index (χ2v) is 5.27. The van der Waals surface area contributed by atoms with Crippen LogP contribution in [0.2, 0.25) is 0 Å². The lowest BCUT2D eigenvalue weighted by Gasteiger charge is -2.21. The van der Waals surface area contributed by atoms with Gasteiger partial charge in [0.1, 0.15) is 6.67 Å². The molecule has 0 aromatic rings. The standard InChI is InChI=1S/C7H13FO3S/c8-3-6-12(9,10)7-1-4-11-5-2-7/h7H,1-6H2. The van der Waals surface area contributed by atoms with Gasteiger partial charge in [-0.1, -0.05) is 0 Å². The van der Waals surface area contributed by atoms with Crippen molar-refractivity contribution in [1.29, 1.82) is 0 Å². The third-order valence-electron chi connectivity index (χ3n) is 2.04. The van der Waals surface area contributed by atoms with Crippen molar-refractivity contribution in [3.8, 4) is 0 Å². The third kappa shape index (κ3) is 2.42. The van der Waals surface area contributed by atoms with Crippen molar-refractivity contribution >= 4 is 9.84 Å². The Morgan fingerprint density at radius 3 is 2.42 bits per heavy atom. The normalized spacial score (nSPS) is 21.1. The van der Waals surface area contributed by atoms with E-state index < -0.39 is 16.5 Å². The fraction of sp³-hybridized carbons (Fsp3) is 1.00. The van der Waals surface area contributed by atoms with E-state index in [4.69, 9.17) is 4.74 Å². The van der Waals surface area contributed by atoms with Crippen LogP contribution in [0, 0.1) is 0 Å². The Hall–Kier alpha value is -0.160. The van der Waals surface area contributed by atoms with Gasteiger partial charge in [-0.15, -0.1) is 0 Å². The highest BCUT2D eigenvalue weighted by Gasteiger charge is 2.26. The number of alkyl halides is 1. The number of hydrogen-bond acceptors (Lipinski definition) is 3. The Balaban J connectivity index is 2.54. The number of sulfone groups is 1. The zero-order valence-electron chi connectivity index (χ0n) is 6.83. The maximum Gasteiger partial charge on any atom is 0.155 e. The first-order valence-electron chi connectivity index (χ1n) is 4.02. The van der Waals surface area contributed by atoms with Gasteiger partial charge in [-0.3, -0.25) is 0 Å². The largest absolute Gasteiger partial charge is 0.381 e. The summed E-state index contributed by atoms with van der Waals surface area (Å²) in [7, 11) is -3.19. The summed E-state index contributed by atoms with van der Waals surface area (Å²) in [5.41, 5.74) is 0. The molecule has 0 aromatic carbocycles. The van der Waals surface area contributed by atoms with Gasteiger partial charge in [0, 0.05) is 13.2 Å². The van der Waals surface area contributed by atoms with Crippen LogP contribution in [0.15, 0.2) is 0 Å². The average Bonchev–Trinajstić information content (AvgIpc) is 2.06. The zero-order chi connectivity index (χ0) is 9.03. The van der Waals surface area contributed by atoms with E-state index in [0.717, 1.165) is 0 Å². The minimum Gasteiger partial charge on any atom is -0.381 e. The Morgan fingerprint density at radius 1 is 1.33 bits per heavy atom. The monoisotopic (exact) mass is 196 g/mol. The molecular weight excluding hydrogens is 183 g/mol. The SMILES string of the molecule is O=S(=O)(CCF)C1CCOCC1. The number of ether oxygens (including phenoxy) is 1. The Kier molecular flexibility index (Phi) is 3.46. The molecule has 1 fully saturated rings. The molecule has 12 heavy (non-hydrogen) atoms. The lowest BCUT2D eigenvalue weighted by Crippen LogP contribution is -2.31. The quantitative estimate of drug-likeness (QED) is 0.662. The molecule has 0 amide bonds. The van der Waals surface area contributed by atoms with E-state index in [1.54, 1.807) is 0 Å². The fourth-order valence-electron chi connectivity index (χ4n) is 1.31. The first kappa shape index (κ1) is 9.92. The molecule has 72 valence electrons. The third-order valence-corrected chi connectivity index (χ3v) is 4.25. The first-order chi connectivity index (χ1) is 5.67. The second-order valence-electron chi connectivity index (χ2n) is 2.87. The van der Waals surface area contributed by atoms with E-state index in [0.29, 0.717) is 26.1 Å². The van der Waals surface area contributed by atoms with Gasteiger partial charge in [-0.25, -0.2) is 12.8 Å². The molecule has 1 aliphatic heterocycles. The van der Waals surface area contributed by atoms with Crippen LogP contribution in [0.5, 0.6) is 0 Å². The average molecular weight is 196 g/mol. The van der Waals surface area contributed by atoms with Gasteiger partial charge in [0.2, 0.25) is 0 Å². The number of halogens is 1. The molecule has 0 bridgehead atoms. The highest BCUT2D eigenvalue weighted by molar-refractivity contribution is 7.92. The van der Waals surface area contributed by atoms with Crippen LogP contribution >= 0.6 is 0 Å². The van der Waals surface area contributed by atoms with Gasteiger partial charge in [-0.05, 0) is 12.8 Å². The molecule has 0 saturated carbocycles. The Morgan fingerprint density at radius 2 is 1.92 bits per heavy atom. The summed E-state index contributed by atoms with van der Waals surface area (Å²) >= 11 is 0. The molecule has 0 aromatic heterocycles. The van der Waals surface area contributed by atoms with Crippen molar-refractivity contribution in [1.82, 2.24) is 0 Å². The molecule has 1 rings (SSSR count). The predicted molar refractivity (Wildman–Crippen MR) is 43.6 cm³/mol. The van der Waals surface area contributed by atoms with Crippen molar-refractivity contribution in [2.75, 3.05) is 25.6 Å². The molecule has 1 heterocycles. The van der Waals surface area contributed by atoms with Gasteiger partial charge < -0.3 is 4.74 Å². The van der Waals surface area contributed by atoms with Gasteiger partial charge in [0.25, 0.3) is 0 Å². The maximum atomic E-state index is 11.8. The summed E-state index contributed by atoms with van der Waals surface area (Å²) in [5.74, 6) is -0.336. The molecule has 0 spiro atoms. The second kappa shape index (κ2) is 4.18. The van der Waals surface area contributed by atoms with E-state index >= 15 is 0 Å². The van der Waals surface area contributed by atoms with E-state index in [1.807, 2.05) is 0 Å². The van der Waals surface area contributed by atoms with Gasteiger partial charge >= 0.3 is 0 Å². The smallest absolute Gasteiger partial charge is 0.155 e. The van der Waals surface area contributed by atoms with E-state index in [-0.39, 0.29) is 11.0 Å². The summed E-state index contributed by atoms with van der Waals surface area (Å²) < 4.78 is 39.4. The lowest BCUT2D eigenvalue weighted by atomic mass is 10.2.